The quantitative estimate of drug-likeness (QED) is 0.846. The number of hydrogen-bond acceptors (Lipinski definition) is 4. The first-order valence-corrected chi connectivity index (χ1v) is 9.23. The van der Waals surface area contributed by atoms with E-state index in [0.717, 1.165) is 44.3 Å². The van der Waals surface area contributed by atoms with Crippen LogP contribution in [0.1, 0.15) is 48.4 Å². The van der Waals surface area contributed by atoms with Crippen molar-refractivity contribution in [2.75, 3.05) is 13.1 Å². The van der Waals surface area contributed by atoms with E-state index in [9.17, 15) is 4.79 Å². The van der Waals surface area contributed by atoms with Gasteiger partial charge in [-0.2, -0.15) is 5.10 Å². The molecule has 0 aromatic carbocycles. The third kappa shape index (κ3) is 3.99. The summed E-state index contributed by atoms with van der Waals surface area (Å²) in [7, 11) is 1.90. The first-order chi connectivity index (χ1) is 11.2. The van der Waals surface area contributed by atoms with E-state index in [0.29, 0.717) is 12.3 Å². The van der Waals surface area contributed by atoms with Crippen molar-refractivity contribution in [1.29, 1.82) is 0 Å². The lowest BCUT2D eigenvalue weighted by atomic mass is 9.98. The fourth-order valence-corrected chi connectivity index (χ4v) is 4.12. The van der Waals surface area contributed by atoms with Gasteiger partial charge in [0.15, 0.2) is 0 Å². The summed E-state index contributed by atoms with van der Waals surface area (Å²) in [6, 6.07) is 0. The summed E-state index contributed by atoms with van der Waals surface area (Å²) in [6.45, 7) is 3.84. The number of rotatable bonds is 5. The topological polar surface area (TPSA) is 51.0 Å². The van der Waals surface area contributed by atoms with E-state index < -0.39 is 0 Å². The Kier molecular flexibility index (Phi) is 5.10. The van der Waals surface area contributed by atoms with Gasteiger partial charge in [0.25, 0.3) is 0 Å². The Bertz CT molecular complexity index is 663. The highest BCUT2D eigenvalue weighted by Crippen LogP contribution is 2.29. The molecule has 0 saturated carbocycles. The largest absolute Gasteiger partial charge is 0.342 e. The molecule has 2 aromatic rings. The van der Waals surface area contributed by atoms with E-state index in [2.05, 4.69) is 17.4 Å². The molecule has 0 spiro atoms. The molecule has 1 saturated heterocycles. The number of likely N-dealkylation sites (tertiary alicyclic amines) is 1. The molecule has 2 aromatic heterocycles. The lowest BCUT2D eigenvalue weighted by Crippen LogP contribution is -2.39. The van der Waals surface area contributed by atoms with Crippen molar-refractivity contribution in [1.82, 2.24) is 19.7 Å². The van der Waals surface area contributed by atoms with Gasteiger partial charge in [0.1, 0.15) is 0 Å². The molecule has 0 aliphatic carbocycles. The summed E-state index contributed by atoms with van der Waals surface area (Å²) in [4.78, 5) is 19.2. The molecule has 6 heteroatoms. The number of carbonyl (C=O) groups excluding carboxylic acids is 1. The number of aryl methyl sites for hydroxylation is 3. The van der Waals surface area contributed by atoms with Crippen LogP contribution < -0.4 is 0 Å². The minimum atomic E-state index is 0.255. The predicted molar refractivity (Wildman–Crippen MR) is 91.6 cm³/mol. The number of amides is 1. The van der Waals surface area contributed by atoms with Gasteiger partial charge in [0, 0.05) is 44.1 Å². The normalized spacial score (nSPS) is 18.3. The van der Waals surface area contributed by atoms with E-state index in [4.69, 9.17) is 4.98 Å². The molecular weight excluding hydrogens is 308 g/mol. The maximum atomic E-state index is 12.5. The molecule has 0 N–H and O–H groups in total. The first-order valence-electron chi connectivity index (χ1n) is 8.35. The van der Waals surface area contributed by atoms with Crippen LogP contribution >= 0.6 is 11.3 Å². The lowest BCUT2D eigenvalue weighted by Gasteiger charge is -2.32. The van der Waals surface area contributed by atoms with Gasteiger partial charge in [-0.15, -0.1) is 11.3 Å². The standard InChI is InChI=1S/C17H24N4OS/c1-3-15-12-23-17(19-15)14-5-4-8-21(11-14)16(22)7-6-13-9-18-20(2)10-13/h9-10,12,14H,3-8,11H2,1-2H3/t14-/m0/s1. The monoisotopic (exact) mass is 332 g/mol. The Morgan fingerprint density at radius 1 is 1.48 bits per heavy atom. The number of aromatic nitrogens is 3. The summed E-state index contributed by atoms with van der Waals surface area (Å²) in [5.41, 5.74) is 2.30. The van der Waals surface area contributed by atoms with Crippen LogP contribution in [0.25, 0.3) is 0 Å². The smallest absolute Gasteiger partial charge is 0.222 e. The molecule has 0 radical (unpaired) electrons. The summed E-state index contributed by atoms with van der Waals surface area (Å²) < 4.78 is 1.78. The van der Waals surface area contributed by atoms with Crippen LogP contribution in [0.3, 0.4) is 0 Å². The zero-order chi connectivity index (χ0) is 16.2. The van der Waals surface area contributed by atoms with Crippen molar-refractivity contribution in [2.24, 2.45) is 7.05 Å². The Balaban J connectivity index is 1.55. The molecule has 0 bridgehead atoms. The fraction of sp³-hybridized carbons (Fsp3) is 0.588. The van der Waals surface area contributed by atoms with Crippen LogP contribution in [0.2, 0.25) is 0 Å². The van der Waals surface area contributed by atoms with Crippen molar-refractivity contribution in [3.63, 3.8) is 0 Å². The molecule has 1 atom stereocenters. The van der Waals surface area contributed by atoms with Crippen LogP contribution in [0.4, 0.5) is 0 Å². The Labute approximate surface area is 141 Å². The van der Waals surface area contributed by atoms with Crippen molar-refractivity contribution >= 4 is 17.2 Å². The number of carbonyl (C=O) groups is 1. The summed E-state index contributed by atoms with van der Waals surface area (Å²) in [6.07, 6.45) is 8.36. The highest BCUT2D eigenvalue weighted by atomic mass is 32.1. The van der Waals surface area contributed by atoms with Gasteiger partial charge in [0.2, 0.25) is 5.91 Å². The second-order valence-corrected chi connectivity index (χ2v) is 7.12. The zero-order valence-corrected chi connectivity index (χ0v) is 14.7. The van der Waals surface area contributed by atoms with Gasteiger partial charge in [-0.05, 0) is 31.2 Å². The van der Waals surface area contributed by atoms with Gasteiger partial charge in [-0.3, -0.25) is 9.48 Å². The van der Waals surface area contributed by atoms with Gasteiger partial charge in [0.05, 0.1) is 16.9 Å². The highest BCUT2D eigenvalue weighted by molar-refractivity contribution is 7.09. The zero-order valence-electron chi connectivity index (χ0n) is 13.9. The van der Waals surface area contributed by atoms with Crippen LogP contribution in [0.15, 0.2) is 17.8 Å². The van der Waals surface area contributed by atoms with Crippen molar-refractivity contribution in [3.8, 4) is 0 Å². The number of nitrogens with zero attached hydrogens (tertiary/aromatic N) is 4. The number of thiazole rings is 1. The molecule has 3 heterocycles. The third-order valence-corrected chi connectivity index (χ3v) is 5.50. The fourth-order valence-electron chi connectivity index (χ4n) is 3.09. The summed E-state index contributed by atoms with van der Waals surface area (Å²) in [5, 5.41) is 7.51. The maximum absolute atomic E-state index is 12.5. The van der Waals surface area contributed by atoms with Gasteiger partial charge in [-0.25, -0.2) is 4.98 Å². The van der Waals surface area contributed by atoms with Gasteiger partial charge in [-0.1, -0.05) is 6.92 Å². The van der Waals surface area contributed by atoms with Crippen LogP contribution in [-0.4, -0.2) is 38.7 Å². The minimum absolute atomic E-state index is 0.255. The molecule has 1 amide bonds. The third-order valence-electron chi connectivity index (χ3n) is 4.44. The molecule has 23 heavy (non-hydrogen) atoms. The number of piperidine rings is 1. The second-order valence-electron chi connectivity index (χ2n) is 6.23. The molecule has 3 rings (SSSR count). The first kappa shape index (κ1) is 16.2. The molecule has 1 fully saturated rings. The van der Waals surface area contributed by atoms with Crippen LogP contribution in [0.5, 0.6) is 0 Å². The van der Waals surface area contributed by atoms with E-state index in [1.54, 1.807) is 16.0 Å². The van der Waals surface area contributed by atoms with Crippen molar-refractivity contribution < 1.29 is 4.79 Å². The SMILES string of the molecule is CCc1csc([C@H]2CCCN(C(=O)CCc3cnn(C)c3)C2)n1. The minimum Gasteiger partial charge on any atom is -0.342 e. The van der Waals surface area contributed by atoms with Crippen LogP contribution in [0, 0.1) is 0 Å². The maximum Gasteiger partial charge on any atom is 0.222 e. The molecular formula is C17H24N4OS. The Morgan fingerprint density at radius 3 is 3.04 bits per heavy atom. The van der Waals surface area contributed by atoms with Crippen molar-refractivity contribution in [2.45, 2.75) is 44.9 Å². The van der Waals surface area contributed by atoms with E-state index in [1.807, 2.05) is 24.3 Å². The average molecular weight is 332 g/mol. The molecule has 124 valence electrons. The Morgan fingerprint density at radius 2 is 2.35 bits per heavy atom. The van der Waals surface area contributed by atoms with E-state index >= 15 is 0 Å². The molecule has 5 nitrogen and oxygen atoms in total. The van der Waals surface area contributed by atoms with E-state index in [1.165, 1.54) is 10.7 Å². The summed E-state index contributed by atoms with van der Waals surface area (Å²) in [5.74, 6) is 0.669. The predicted octanol–water partition coefficient (Wildman–Crippen LogP) is 2.78. The average Bonchev–Trinajstić information content (AvgIpc) is 3.21. The Hall–Kier alpha value is -1.69. The molecule has 0 unspecified atom stereocenters. The molecule has 1 aliphatic rings. The molecule has 1 aliphatic heterocycles. The lowest BCUT2D eigenvalue weighted by molar-refractivity contribution is -0.132. The van der Waals surface area contributed by atoms with Gasteiger partial charge >= 0.3 is 0 Å². The second kappa shape index (κ2) is 7.25. The summed E-state index contributed by atoms with van der Waals surface area (Å²) >= 11 is 1.75. The van der Waals surface area contributed by atoms with E-state index in [-0.39, 0.29) is 5.91 Å². The van der Waals surface area contributed by atoms with Crippen LogP contribution in [-0.2, 0) is 24.7 Å². The van der Waals surface area contributed by atoms with Crippen molar-refractivity contribution in [3.05, 3.63) is 34.0 Å². The number of hydrogen-bond donors (Lipinski definition) is 0. The van der Waals surface area contributed by atoms with Gasteiger partial charge < -0.3 is 4.90 Å². The highest BCUT2D eigenvalue weighted by Gasteiger charge is 2.26.